The number of nitrogens with two attached hydrogens (primary N) is 1. The van der Waals surface area contributed by atoms with Crippen LogP contribution in [0, 0.1) is 0 Å². The van der Waals surface area contributed by atoms with Crippen LogP contribution in [0.25, 0.3) is 0 Å². The summed E-state index contributed by atoms with van der Waals surface area (Å²) in [5.41, 5.74) is 6.65. The molecule has 296 valence electrons. The molecule has 0 aliphatic heterocycles. The Bertz CT molecular complexity index is 1900. The number of aliphatic hydroxyl groups excluding tert-OH is 1. The van der Waals surface area contributed by atoms with E-state index >= 15 is 0 Å². The summed E-state index contributed by atoms with van der Waals surface area (Å²) in [5, 5.41) is 8.57. The van der Waals surface area contributed by atoms with Crippen LogP contribution in [0.2, 0.25) is 5.35 Å². The van der Waals surface area contributed by atoms with Gasteiger partial charge in [0.1, 0.15) is 42.7 Å². The number of anilines is 1. The van der Waals surface area contributed by atoms with Crippen LogP contribution in [-0.4, -0.2) is 74.0 Å². The van der Waals surface area contributed by atoms with E-state index in [1.807, 2.05) is 0 Å². The van der Waals surface area contributed by atoms with Crippen molar-refractivity contribution in [1.29, 1.82) is 0 Å². The quantitative estimate of drug-likeness (QED) is 0.0872. The summed E-state index contributed by atoms with van der Waals surface area (Å²) < 4.78 is 38.5. The van der Waals surface area contributed by atoms with Crippen molar-refractivity contribution in [3.8, 4) is 0 Å². The standard InChI is InChI=1S/C9H11NO3.C7H9NO2.C7H7NO2.C6H6ClNO3.C6H8N2O3/c1-2-12-9(11)7-5-13-8(10-7)6-3-4-6;2*9-3-6-4-10-7(8-6)5-1-2-5;2*1-2-10-5(9)4-3-11-6(7)8-4/h5-6H,2-4H2,1H3;4-5,9H,1-3H2;3-5H,1-2H2;3H,2H2,1H3;3H,2H2,1H3,(H2,7,8). The highest BCUT2D eigenvalue weighted by Gasteiger charge is 2.30. The molecule has 0 aromatic carbocycles. The molecule has 3 fully saturated rings. The fourth-order valence-corrected chi connectivity index (χ4v) is 4.16. The second kappa shape index (κ2) is 21.2. The minimum Gasteiger partial charge on any atom is -0.461 e. The van der Waals surface area contributed by atoms with E-state index in [4.69, 9.17) is 40.4 Å². The van der Waals surface area contributed by atoms with Crippen molar-refractivity contribution in [3.05, 3.63) is 82.8 Å². The number of ether oxygens (including phenoxy) is 3. The number of aldehydes is 1. The number of esters is 3. The lowest BCUT2D eigenvalue weighted by Crippen LogP contribution is -2.04. The first-order valence-corrected chi connectivity index (χ1v) is 17.7. The van der Waals surface area contributed by atoms with Gasteiger partial charge in [-0.05, 0) is 70.9 Å². The molecule has 55 heavy (non-hydrogen) atoms. The molecule has 0 atom stereocenters. The molecule has 0 bridgehead atoms. The van der Waals surface area contributed by atoms with E-state index in [9.17, 15) is 19.2 Å². The Morgan fingerprint density at radius 1 is 0.673 bits per heavy atom. The predicted octanol–water partition coefficient (Wildman–Crippen LogP) is 6.08. The minimum absolute atomic E-state index is 0.0176. The number of carbonyl (C=O) groups excluding carboxylic acids is 4. The highest BCUT2D eigenvalue weighted by molar-refractivity contribution is 6.27. The summed E-state index contributed by atoms with van der Waals surface area (Å²) in [5.74, 6) is 2.21. The zero-order valence-corrected chi connectivity index (χ0v) is 31.1. The third-order valence-corrected chi connectivity index (χ3v) is 7.32. The Kier molecular flexibility index (Phi) is 16.1. The summed E-state index contributed by atoms with van der Waals surface area (Å²) in [4.78, 5) is 62.2. The molecule has 5 aromatic heterocycles. The Morgan fingerprint density at radius 3 is 1.51 bits per heavy atom. The van der Waals surface area contributed by atoms with Crippen LogP contribution < -0.4 is 5.73 Å². The van der Waals surface area contributed by atoms with Crippen molar-refractivity contribution in [1.82, 2.24) is 24.9 Å². The highest BCUT2D eigenvalue weighted by atomic mass is 35.5. The second-order valence-corrected chi connectivity index (χ2v) is 12.0. The predicted molar refractivity (Wildman–Crippen MR) is 187 cm³/mol. The van der Waals surface area contributed by atoms with Crippen molar-refractivity contribution < 1.29 is 60.6 Å². The van der Waals surface area contributed by atoms with Crippen molar-refractivity contribution >= 4 is 41.8 Å². The number of aliphatic hydroxyl groups is 1. The van der Waals surface area contributed by atoms with Gasteiger partial charge in [0.05, 0.1) is 26.4 Å². The van der Waals surface area contributed by atoms with Crippen molar-refractivity contribution in [3.63, 3.8) is 0 Å². The van der Waals surface area contributed by atoms with Crippen LogP contribution in [0.15, 0.2) is 53.4 Å². The van der Waals surface area contributed by atoms with Crippen LogP contribution in [0.5, 0.6) is 0 Å². The van der Waals surface area contributed by atoms with Gasteiger partial charge >= 0.3 is 17.9 Å². The van der Waals surface area contributed by atoms with E-state index in [1.165, 1.54) is 31.6 Å². The van der Waals surface area contributed by atoms with Crippen LogP contribution in [0.1, 0.15) is 142 Å². The third-order valence-electron chi connectivity index (χ3n) is 7.15. The first kappa shape index (κ1) is 41.9. The maximum absolute atomic E-state index is 11.2. The summed E-state index contributed by atoms with van der Waals surface area (Å²) in [6.07, 6.45) is 14.2. The average Bonchev–Trinajstić information content (AvgIpc) is 4.15. The minimum atomic E-state index is -0.525. The van der Waals surface area contributed by atoms with Crippen molar-refractivity contribution in [2.75, 3.05) is 25.6 Å². The molecule has 0 saturated heterocycles. The Balaban J connectivity index is 0.000000153. The number of hydrogen-bond donors (Lipinski definition) is 2. The van der Waals surface area contributed by atoms with Gasteiger partial charge in [0.25, 0.3) is 11.4 Å². The molecule has 3 saturated carbocycles. The molecule has 20 heteroatoms. The molecule has 0 amide bonds. The third kappa shape index (κ3) is 14.2. The maximum Gasteiger partial charge on any atom is 0.360 e. The lowest BCUT2D eigenvalue weighted by molar-refractivity contribution is 0.0510. The fourth-order valence-electron chi connectivity index (χ4n) is 4.03. The highest BCUT2D eigenvalue weighted by Crippen LogP contribution is 2.40. The maximum atomic E-state index is 11.2. The van der Waals surface area contributed by atoms with Crippen LogP contribution in [0.3, 0.4) is 0 Å². The van der Waals surface area contributed by atoms with Gasteiger partial charge < -0.3 is 47.1 Å². The summed E-state index contributed by atoms with van der Waals surface area (Å²) >= 11 is 5.32. The van der Waals surface area contributed by atoms with Gasteiger partial charge in [0.2, 0.25) is 0 Å². The van der Waals surface area contributed by atoms with Crippen LogP contribution in [-0.2, 0) is 20.8 Å². The van der Waals surface area contributed by atoms with E-state index < -0.39 is 17.9 Å². The van der Waals surface area contributed by atoms with E-state index in [2.05, 4.69) is 43.2 Å². The number of hydrogen-bond acceptors (Lipinski definition) is 19. The van der Waals surface area contributed by atoms with E-state index in [-0.39, 0.29) is 35.1 Å². The van der Waals surface area contributed by atoms with Gasteiger partial charge in [-0.3, -0.25) is 4.79 Å². The van der Waals surface area contributed by atoms with Gasteiger partial charge in [-0.2, -0.15) is 9.97 Å². The number of carbonyl (C=O) groups is 4. The molecular formula is C35H41ClN6O13. The molecule has 5 heterocycles. The van der Waals surface area contributed by atoms with Crippen LogP contribution >= 0.6 is 11.6 Å². The van der Waals surface area contributed by atoms with Crippen molar-refractivity contribution in [2.45, 2.75) is 83.7 Å². The lowest BCUT2D eigenvalue weighted by Gasteiger charge is -1.94. The van der Waals surface area contributed by atoms with E-state index in [1.54, 1.807) is 20.8 Å². The Hall–Kier alpha value is -5.82. The Labute approximate surface area is 318 Å². The molecule has 5 aromatic rings. The largest absolute Gasteiger partial charge is 0.461 e. The number of rotatable bonds is 11. The van der Waals surface area contributed by atoms with Gasteiger partial charge in [-0.25, -0.2) is 29.3 Å². The molecule has 8 rings (SSSR count). The molecular weight excluding hydrogens is 748 g/mol. The first-order chi connectivity index (χ1) is 26.6. The molecule has 3 aliphatic carbocycles. The number of nitrogens with zero attached hydrogens (tertiary/aromatic N) is 5. The zero-order valence-electron chi connectivity index (χ0n) is 30.3. The SMILES string of the molecule is CCOC(=O)c1coc(C2CC2)n1.CCOC(=O)c1coc(Cl)n1.CCOC(=O)c1coc(N)n1.O=Cc1coc(C2CC2)n1.OCc1coc(C2CC2)n1. The zero-order chi connectivity index (χ0) is 39.7. The average molecular weight is 789 g/mol. The molecule has 0 radical (unpaired) electrons. The number of nitrogen functional groups attached to an aromatic ring is 1. The normalized spacial score (nSPS) is 13.9. The smallest absolute Gasteiger partial charge is 0.360 e. The number of oxazole rings is 5. The van der Waals surface area contributed by atoms with Gasteiger partial charge in [0.15, 0.2) is 41.0 Å². The van der Waals surface area contributed by atoms with Gasteiger partial charge in [-0.15, -0.1) is 0 Å². The topological polar surface area (TPSA) is 272 Å². The summed E-state index contributed by atoms with van der Waals surface area (Å²) in [6, 6.07) is -0.0342. The molecule has 0 spiro atoms. The molecule has 3 aliphatic rings. The van der Waals surface area contributed by atoms with Gasteiger partial charge in [0, 0.05) is 17.8 Å². The number of aromatic nitrogens is 5. The monoisotopic (exact) mass is 788 g/mol. The Morgan fingerprint density at radius 2 is 1.11 bits per heavy atom. The first-order valence-electron chi connectivity index (χ1n) is 17.3. The van der Waals surface area contributed by atoms with Crippen LogP contribution in [0.4, 0.5) is 6.01 Å². The van der Waals surface area contributed by atoms with Crippen molar-refractivity contribution in [2.24, 2.45) is 0 Å². The molecule has 3 N–H and O–H groups in total. The fraction of sp³-hybridized carbons (Fsp3) is 0.457. The molecule has 0 unspecified atom stereocenters. The lowest BCUT2D eigenvalue weighted by atomic mass is 10.4. The van der Waals surface area contributed by atoms with E-state index in [0.29, 0.717) is 61.1 Å². The van der Waals surface area contributed by atoms with Gasteiger partial charge in [-0.1, -0.05) is 0 Å². The molecule has 19 nitrogen and oxygen atoms in total. The second-order valence-electron chi connectivity index (χ2n) is 11.7. The van der Waals surface area contributed by atoms with E-state index in [0.717, 1.165) is 50.0 Å². The number of halogens is 1. The summed E-state index contributed by atoms with van der Waals surface area (Å²) in [6.45, 7) is 6.15. The summed E-state index contributed by atoms with van der Waals surface area (Å²) in [7, 11) is 0.